The van der Waals surface area contributed by atoms with E-state index in [1.54, 1.807) is 6.33 Å². The van der Waals surface area contributed by atoms with Gasteiger partial charge in [0.05, 0.1) is 30.8 Å². The minimum atomic E-state index is -0.705. The van der Waals surface area contributed by atoms with E-state index in [0.29, 0.717) is 42.9 Å². The van der Waals surface area contributed by atoms with E-state index in [-0.39, 0.29) is 17.8 Å². The van der Waals surface area contributed by atoms with Gasteiger partial charge in [0.1, 0.15) is 11.7 Å². The normalized spacial score (nSPS) is 18.5. The number of imidazole rings is 1. The fourth-order valence-corrected chi connectivity index (χ4v) is 5.44. The molecule has 0 saturated carbocycles. The zero-order valence-electron chi connectivity index (χ0n) is 18.5. The lowest BCUT2D eigenvalue weighted by atomic mass is 9.94. The number of carbonyl (C=O) groups is 1. The summed E-state index contributed by atoms with van der Waals surface area (Å²) in [6.45, 7) is 1.49. The van der Waals surface area contributed by atoms with Crippen LogP contribution in [0.25, 0.3) is 22.3 Å². The fourth-order valence-electron chi connectivity index (χ4n) is 5.44. The molecule has 1 saturated heterocycles. The van der Waals surface area contributed by atoms with Crippen LogP contribution in [0.4, 0.5) is 4.39 Å². The van der Waals surface area contributed by atoms with Gasteiger partial charge >= 0.3 is 0 Å². The molecule has 35 heavy (non-hydrogen) atoms. The molecule has 1 fully saturated rings. The fraction of sp³-hybridized carbons (Fsp3) is 0.240. The number of ether oxygens (including phenoxy) is 1. The average molecular weight is 473 g/mol. The maximum atomic E-state index is 15.4. The molecule has 9 nitrogen and oxygen atoms in total. The third-order valence-electron chi connectivity index (χ3n) is 7.11. The molecule has 7 rings (SSSR count). The highest BCUT2D eigenvalue weighted by Gasteiger charge is 2.38. The second kappa shape index (κ2) is 7.16. The summed E-state index contributed by atoms with van der Waals surface area (Å²) in [5, 5.41) is 10.6. The van der Waals surface area contributed by atoms with E-state index in [4.69, 9.17) is 4.74 Å². The Morgan fingerprint density at radius 2 is 2.00 bits per heavy atom. The second-order valence-corrected chi connectivity index (χ2v) is 9.04. The number of fused-ring (bicyclic) bond motifs is 3. The number of carbonyl (C=O) groups excluding carboxylic acids is 1. The SMILES string of the molecule is O=C1c2c(O)c(=O)cc(-c3cc(F)c4ncn5c4c3Cc3ccccc3C5)n2N[C@@H]2COCCN12. The summed E-state index contributed by atoms with van der Waals surface area (Å²) >= 11 is 0. The molecule has 0 aliphatic carbocycles. The number of pyridine rings is 1. The lowest BCUT2D eigenvalue weighted by molar-refractivity contribution is -0.00300. The first-order chi connectivity index (χ1) is 17.0. The van der Waals surface area contributed by atoms with E-state index in [9.17, 15) is 14.7 Å². The average Bonchev–Trinajstić information content (AvgIpc) is 3.21. The Kier molecular flexibility index (Phi) is 4.13. The van der Waals surface area contributed by atoms with E-state index in [1.165, 1.54) is 21.7 Å². The maximum absolute atomic E-state index is 15.4. The summed E-state index contributed by atoms with van der Waals surface area (Å²) in [6.07, 6.45) is 1.63. The quantitative estimate of drug-likeness (QED) is 0.386. The lowest BCUT2D eigenvalue weighted by Gasteiger charge is -2.42. The highest BCUT2D eigenvalue weighted by Crippen LogP contribution is 2.37. The predicted octanol–water partition coefficient (Wildman–Crippen LogP) is 2.02. The summed E-state index contributed by atoms with van der Waals surface area (Å²) < 4.78 is 24.2. The van der Waals surface area contributed by atoms with Gasteiger partial charge in [-0.05, 0) is 22.8 Å². The Morgan fingerprint density at radius 3 is 2.86 bits per heavy atom. The van der Waals surface area contributed by atoms with Gasteiger partial charge in [-0.1, -0.05) is 24.3 Å². The van der Waals surface area contributed by atoms with Gasteiger partial charge in [-0.15, -0.1) is 0 Å². The van der Waals surface area contributed by atoms with Gasteiger partial charge in [-0.3, -0.25) is 9.59 Å². The number of nitrogens with one attached hydrogen (secondary N) is 1. The number of benzene rings is 2. The van der Waals surface area contributed by atoms with Crippen molar-refractivity contribution in [2.75, 3.05) is 25.2 Å². The summed E-state index contributed by atoms with van der Waals surface area (Å²) in [4.78, 5) is 32.0. The van der Waals surface area contributed by atoms with Crippen molar-refractivity contribution in [3.8, 4) is 17.0 Å². The van der Waals surface area contributed by atoms with Crippen molar-refractivity contribution in [2.45, 2.75) is 19.1 Å². The van der Waals surface area contributed by atoms with Crippen LogP contribution in [0.5, 0.6) is 5.75 Å². The first-order valence-electron chi connectivity index (χ1n) is 11.4. The number of rotatable bonds is 1. The van der Waals surface area contributed by atoms with Gasteiger partial charge in [-0.2, -0.15) is 0 Å². The van der Waals surface area contributed by atoms with Crippen LogP contribution in [0.2, 0.25) is 0 Å². The number of halogens is 1. The molecule has 1 amide bonds. The molecule has 176 valence electrons. The third-order valence-corrected chi connectivity index (χ3v) is 7.11. The van der Waals surface area contributed by atoms with Crippen LogP contribution in [0.15, 0.2) is 47.5 Å². The minimum Gasteiger partial charge on any atom is -0.502 e. The van der Waals surface area contributed by atoms with Crippen molar-refractivity contribution in [2.24, 2.45) is 0 Å². The molecular weight excluding hydrogens is 453 g/mol. The van der Waals surface area contributed by atoms with Crippen molar-refractivity contribution in [3.63, 3.8) is 0 Å². The number of nitrogens with zero attached hydrogens (tertiary/aromatic N) is 4. The Hall–Kier alpha value is -4.18. The van der Waals surface area contributed by atoms with Crippen LogP contribution in [0.1, 0.15) is 27.2 Å². The summed E-state index contributed by atoms with van der Waals surface area (Å²) in [6, 6.07) is 10.6. The van der Waals surface area contributed by atoms with Crippen LogP contribution >= 0.6 is 0 Å². The third kappa shape index (κ3) is 2.80. The molecule has 5 heterocycles. The minimum absolute atomic E-state index is 0.166. The first-order valence-corrected chi connectivity index (χ1v) is 11.4. The van der Waals surface area contributed by atoms with E-state index in [2.05, 4.69) is 10.4 Å². The monoisotopic (exact) mass is 473 g/mol. The Balaban J connectivity index is 1.53. The van der Waals surface area contributed by atoms with Crippen molar-refractivity contribution >= 4 is 16.9 Å². The van der Waals surface area contributed by atoms with Crippen LogP contribution in [0, 0.1) is 5.82 Å². The van der Waals surface area contributed by atoms with E-state index in [0.717, 1.165) is 16.7 Å². The van der Waals surface area contributed by atoms with Gasteiger partial charge in [0.25, 0.3) is 5.91 Å². The maximum Gasteiger partial charge on any atom is 0.278 e. The van der Waals surface area contributed by atoms with Gasteiger partial charge in [0.15, 0.2) is 17.3 Å². The number of hydrogen-bond donors (Lipinski definition) is 2. The standard InChI is InChI=1S/C25H20FN5O4/c26-17-8-15(16-7-13-3-1-2-4-14(13)10-29-12-27-21(17)22(16)29)18-9-19(32)24(33)23-25(34)30-5-6-35-11-20(30)28-31(18)23/h1-4,8-9,12,20,28,33H,5-7,10-11H2/t20-/m0/s1. The molecule has 4 aromatic rings. The molecule has 0 unspecified atom stereocenters. The number of morpholine rings is 1. The van der Waals surface area contributed by atoms with Crippen molar-refractivity contribution in [1.82, 2.24) is 19.1 Å². The molecule has 0 radical (unpaired) electrons. The Labute approximate surface area is 198 Å². The number of amides is 1. The Bertz CT molecular complexity index is 1620. The zero-order valence-corrected chi connectivity index (χ0v) is 18.5. The number of aromatic hydroxyl groups is 1. The molecule has 1 atom stereocenters. The predicted molar refractivity (Wildman–Crippen MR) is 124 cm³/mol. The van der Waals surface area contributed by atoms with Gasteiger partial charge in [0.2, 0.25) is 5.43 Å². The molecule has 0 spiro atoms. The van der Waals surface area contributed by atoms with Gasteiger partial charge < -0.3 is 24.7 Å². The summed E-state index contributed by atoms with van der Waals surface area (Å²) in [5.41, 5.74) is 6.96. The van der Waals surface area contributed by atoms with Gasteiger partial charge in [0, 0.05) is 31.1 Å². The van der Waals surface area contributed by atoms with Crippen molar-refractivity contribution in [3.05, 3.63) is 81.2 Å². The summed E-state index contributed by atoms with van der Waals surface area (Å²) in [5.74, 6) is -1.64. The molecular formula is C25H20FN5O4. The van der Waals surface area contributed by atoms with E-state index in [1.807, 2.05) is 28.8 Å². The number of hydrogen-bond acceptors (Lipinski definition) is 6. The largest absolute Gasteiger partial charge is 0.502 e. The topological polar surface area (TPSA) is 102 Å². The van der Waals surface area contributed by atoms with Crippen molar-refractivity contribution < 1.29 is 19.0 Å². The van der Waals surface area contributed by atoms with Gasteiger partial charge in [-0.25, -0.2) is 14.1 Å². The lowest BCUT2D eigenvalue weighted by Crippen LogP contribution is -2.59. The second-order valence-electron chi connectivity index (χ2n) is 9.04. The highest BCUT2D eigenvalue weighted by atomic mass is 19.1. The Morgan fingerprint density at radius 1 is 1.17 bits per heavy atom. The molecule has 2 aromatic heterocycles. The molecule has 0 bridgehead atoms. The van der Waals surface area contributed by atoms with Crippen LogP contribution in [0.3, 0.4) is 0 Å². The molecule has 3 aliphatic heterocycles. The summed E-state index contributed by atoms with van der Waals surface area (Å²) in [7, 11) is 0. The van der Waals surface area contributed by atoms with Crippen LogP contribution < -0.4 is 10.9 Å². The first kappa shape index (κ1) is 20.2. The molecule has 2 N–H and O–H groups in total. The molecule has 2 aromatic carbocycles. The van der Waals surface area contributed by atoms with Crippen LogP contribution in [-0.2, 0) is 17.7 Å². The molecule has 10 heteroatoms. The van der Waals surface area contributed by atoms with E-state index < -0.39 is 29.1 Å². The zero-order chi connectivity index (χ0) is 23.8. The molecule has 3 aliphatic rings. The van der Waals surface area contributed by atoms with Crippen molar-refractivity contribution in [1.29, 1.82) is 0 Å². The number of aromatic nitrogens is 3. The van der Waals surface area contributed by atoms with E-state index >= 15 is 4.39 Å². The smallest absolute Gasteiger partial charge is 0.278 e. The highest BCUT2D eigenvalue weighted by molar-refractivity contribution is 5.98. The van der Waals surface area contributed by atoms with Crippen LogP contribution in [-0.4, -0.2) is 56.1 Å².